The number of aromatic hydroxyl groups is 1. The molecule has 4 amide bonds. The van der Waals surface area contributed by atoms with Crippen LogP contribution in [0.1, 0.15) is 50.8 Å². The average Bonchev–Trinajstić information content (AvgIpc) is 2.80. The zero-order chi connectivity index (χ0) is 28.6. The summed E-state index contributed by atoms with van der Waals surface area (Å²) in [5.41, 5.74) is 5.54. The van der Waals surface area contributed by atoms with Gasteiger partial charge in [0, 0.05) is 12.5 Å². The molecule has 0 fully saturated rings. The number of para-hydroxylation sites is 1. The number of primary amides is 1. The van der Waals surface area contributed by atoms with E-state index in [1.54, 1.807) is 45.9 Å². The first-order valence-electron chi connectivity index (χ1n) is 11.7. The van der Waals surface area contributed by atoms with E-state index in [2.05, 4.69) is 16.7 Å². The minimum Gasteiger partial charge on any atom is -0.508 e. The van der Waals surface area contributed by atoms with Crippen molar-refractivity contribution in [1.82, 2.24) is 10.2 Å². The maximum Gasteiger partial charge on any atom is 0.408 e. The number of amides is 4. The van der Waals surface area contributed by atoms with Crippen molar-refractivity contribution in [1.29, 1.82) is 0 Å². The van der Waals surface area contributed by atoms with Crippen LogP contribution in [0, 0.1) is 19.4 Å². The summed E-state index contributed by atoms with van der Waals surface area (Å²) in [5, 5.41) is 15.4. The van der Waals surface area contributed by atoms with E-state index in [4.69, 9.17) is 28.5 Å². The quantitative estimate of drug-likeness (QED) is 0.281. The lowest BCUT2D eigenvalue weighted by atomic mass is 10.0. The number of carbonyl (C=O) groups excluding carboxylic acids is 4. The lowest BCUT2D eigenvalue weighted by Gasteiger charge is -2.30. The van der Waals surface area contributed by atoms with Crippen LogP contribution in [0.3, 0.4) is 0 Å². The van der Waals surface area contributed by atoms with E-state index in [0.717, 1.165) is 4.90 Å². The third-order valence-electron chi connectivity index (χ3n) is 5.21. The van der Waals surface area contributed by atoms with Gasteiger partial charge in [-0.15, -0.1) is 0 Å². The maximum absolute atomic E-state index is 13.7. The number of nitrogens with one attached hydrogen (secondary N) is 2. The van der Waals surface area contributed by atoms with Gasteiger partial charge in [0.1, 0.15) is 23.4 Å². The van der Waals surface area contributed by atoms with E-state index in [-0.39, 0.29) is 29.2 Å². The molecule has 0 aliphatic heterocycles. The van der Waals surface area contributed by atoms with Crippen molar-refractivity contribution in [3.8, 4) is 18.2 Å². The van der Waals surface area contributed by atoms with Crippen LogP contribution < -0.4 is 16.4 Å². The predicted octanol–water partition coefficient (Wildman–Crippen LogP) is 3.61. The van der Waals surface area contributed by atoms with Crippen molar-refractivity contribution in [2.24, 2.45) is 5.73 Å². The number of hydrogen-bond acceptors (Lipinski definition) is 6. The number of benzene rings is 2. The summed E-state index contributed by atoms with van der Waals surface area (Å²) in [6, 6.07) is 10.1. The van der Waals surface area contributed by atoms with Crippen molar-refractivity contribution in [3.05, 3.63) is 58.6 Å². The van der Waals surface area contributed by atoms with Gasteiger partial charge in [0.05, 0.1) is 10.7 Å². The number of hydrogen-bond donors (Lipinski definition) is 4. The third kappa shape index (κ3) is 8.42. The number of halogens is 1. The minimum absolute atomic E-state index is 0.171. The second-order valence-corrected chi connectivity index (χ2v) is 9.87. The molecule has 2 rings (SSSR count). The maximum atomic E-state index is 13.7. The molecular formula is C27H31ClN4O6. The highest BCUT2D eigenvalue weighted by atomic mass is 35.5. The van der Waals surface area contributed by atoms with Crippen LogP contribution >= 0.6 is 11.6 Å². The van der Waals surface area contributed by atoms with Crippen molar-refractivity contribution in [3.63, 3.8) is 0 Å². The molecule has 2 unspecified atom stereocenters. The molecule has 2 atom stereocenters. The fourth-order valence-corrected chi connectivity index (χ4v) is 3.79. The summed E-state index contributed by atoms with van der Waals surface area (Å²) in [7, 11) is 0. The Balaban J connectivity index is 2.51. The van der Waals surface area contributed by atoms with E-state index in [1.165, 1.54) is 24.3 Å². The first-order chi connectivity index (χ1) is 17.7. The van der Waals surface area contributed by atoms with Crippen LogP contribution in [-0.2, 0) is 19.1 Å². The molecule has 0 spiro atoms. The monoisotopic (exact) mass is 542 g/mol. The lowest BCUT2D eigenvalue weighted by Crippen LogP contribution is -2.51. The summed E-state index contributed by atoms with van der Waals surface area (Å²) < 4.78 is 5.24. The van der Waals surface area contributed by atoms with E-state index >= 15 is 0 Å². The summed E-state index contributed by atoms with van der Waals surface area (Å²) >= 11 is 6.28. The molecule has 0 heterocycles. The van der Waals surface area contributed by atoms with E-state index in [1.807, 2.05) is 0 Å². The van der Waals surface area contributed by atoms with Crippen molar-refractivity contribution < 1.29 is 29.0 Å². The van der Waals surface area contributed by atoms with Gasteiger partial charge in [0.25, 0.3) is 11.8 Å². The van der Waals surface area contributed by atoms with Gasteiger partial charge in [-0.05, 0) is 63.4 Å². The van der Waals surface area contributed by atoms with Gasteiger partial charge in [0.2, 0.25) is 5.91 Å². The molecule has 202 valence electrons. The van der Waals surface area contributed by atoms with Crippen LogP contribution in [0.5, 0.6) is 5.75 Å². The van der Waals surface area contributed by atoms with Gasteiger partial charge in [-0.25, -0.2) is 4.79 Å². The highest BCUT2D eigenvalue weighted by Crippen LogP contribution is 2.30. The van der Waals surface area contributed by atoms with Gasteiger partial charge in [-0.1, -0.05) is 42.3 Å². The Kier molecular flexibility index (Phi) is 10.1. The van der Waals surface area contributed by atoms with Crippen LogP contribution in [0.15, 0.2) is 42.5 Å². The number of nitrogens with two attached hydrogens (primary N) is 1. The smallest absolute Gasteiger partial charge is 0.408 e. The molecular weight excluding hydrogens is 512 g/mol. The Labute approximate surface area is 226 Å². The fraction of sp³-hybridized carbons (Fsp3) is 0.333. The summed E-state index contributed by atoms with van der Waals surface area (Å²) in [4.78, 5) is 52.0. The number of nitrogens with zero attached hydrogens (tertiary/aromatic N) is 1. The van der Waals surface area contributed by atoms with Crippen molar-refractivity contribution in [2.45, 2.75) is 58.2 Å². The number of anilines is 1. The highest BCUT2D eigenvalue weighted by Gasteiger charge is 2.36. The Morgan fingerprint density at radius 1 is 1.18 bits per heavy atom. The van der Waals surface area contributed by atoms with Crippen LogP contribution in [0.2, 0.25) is 5.02 Å². The molecule has 38 heavy (non-hydrogen) atoms. The average molecular weight is 543 g/mol. The molecule has 0 bridgehead atoms. The second-order valence-electron chi connectivity index (χ2n) is 9.46. The Morgan fingerprint density at radius 3 is 2.39 bits per heavy atom. The van der Waals surface area contributed by atoms with Crippen LogP contribution in [-0.4, -0.2) is 45.5 Å². The van der Waals surface area contributed by atoms with Gasteiger partial charge < -0.3 is 26.2 Å². The second kappa shape index (κ2) is 12.8. The number of ether oxygens (including phenoxy) is 1. The molecule has 0 saturated heterocycles. The lowest BCUT2D eigenvalue weighted by molar-refractivity contribution is -0.137. The number of carbonyl (C=O) groups is 4. The van der Waals surface area contributed by atoms with Crippen LogP contribution in [0.4, 0.5) is 10.5 Å². The Morgan fingerprint density at radius 2 is 1.84 bits per heavy atom. The number of aryl methyl sites for hydroxylation is 1. The SMILES string of the molecule is C#CN(C(=O)C(CCC(N)=O)NC(=O)OC(C)(C)C)C(C(=O)Nc1c(C)cccc1Cl)c1cccc(O)c1. The topological polar surface area (TPSA) is 151 Å². The molecule has 11 heteroatoms. The largest absolute Gasteiger partial charge is 0.508 e. The van der Waals surface area contributed by atoms with Crippen molar-refractivity contribution in [2.75, 3.05) is 5.32 Å². The molecule has 0 aromatic heterocycles. The minimum atomic E-state index is -1.45. The first-order valence-corrected chi connectivity index (χ1v) is 12.0. The summed E-state index contributed by atoms with van der Waals surface area (Å²) in [6.07, 6.45) is 4.33. The normalized spacial score (nSPS) is 12.4. The molecule has 2 aromatic carbocycles. The predicted molar refractivity (Wildman–Crippen MR) is 143 cm³/mol. The Bertz CT molecular complexity index is 1230. The number of phenolic OH excluding ortho intramolecular Hbond substituents is 1. The first kappa shape index (κ1) is 30.0. The molecule has 0 saturated carbocycles. The van der Waals surface area contributed by atoms with Crippen molar-refractivity contribution >= 4 is 41.1 Å². The molecule has 2 aromatic rings. The molecule has 0 radical (unpaired) electrons. The molecule has 0 aliphatic carbocycles. The summed E-state index contributed by atoms with van der Waals surface area (Å²) in [6.45, 7) is 6.65. The van der Waals surface area contributed by atoms with Gasteiger partial charge in [0.15, 0.2) is 0 Å². The Hall–Kier alpha value is -4.23. The number of alkyl carbamates (subject to hydrolysis) is 1. The van der Waals surface area contributed by atoms with Gasteiger partial charge in [-0.3, -0.25) is 19.3 Å². The standard InChI is InChI=1S/C27H31ClN4O6/c1-6-32(25(36)20(13-14-21(29)34)30-26(37)38-27(3,4)5)23(17-10-8-11-18(33)15-17)24(35)31-22-16(2)9-7-12-19(22)28/h1,7-12,15,20,23,33H,13-14H2,2-5H3,(H2,29,34)(H,30,37)(H,31,35). The molecule has 0 aliphatic rings. The van der Waals surface area contributed by atoms with Crippen LogP contribution in [0.25, 0.3) is 0 Å². The third-order valence-corrected chi connectivity index (χ3v) is 5.52. The molecule has 5 N–H and O–H groups in total. The zero-order valence-corrected chi connectivity index (χ0v) is 22.3. The van der Waals surface area contributed by atoms with E-state index in [0.29, 0.717) is 11.3 Å². The molecule has 10 nitrogen and oxygen atoms in total. The highest BCUT2D eigenvalue weighted by molar-refractivity contribution is 6.34. The fourth-order valence-electron chi connectivity index (χ4n) is 3.52. The zero-order valence-electron chi connectivity index (χ0n) is 21.6. The number of terminal acetylenes is 1. The van der Waals surface area contributed by atoms with E-state index in [9.17, 15) is 24.3 Å². The van der Waals surface area contributed by atoms with Gasteiger partial charge in [-0.2, -0.15) is 0 Å². The number of rotatable bonds is 9. The summed E-state index contributed by atoms with van der Waals surface area (Å²) in [5.74, 6) is -2.49. The number of phenols is 1. The van der Waals surface area contributed by atoms with Gasteiger partial charge >= 0.3 is 6.09 Å². The van der Waals surface area contributed by atoms with E-state index < -0.39 is 41.5 Å².